The van der Waals surface area contributed by atoms with Gasteiger partial charge in [0.2, 0.25) is 15.9 Å². The molecular formula is C15H20N4O4S. The van der Waals surface area contributed by atoms with E-state index in [0.717, 1.165) is 12.8 Å². The molecule has 9 heteroatoms. The molecule has 0 radical (unpaired) electrons. The average Bonchev–Trinajstić information content (AvgIpc) is 2.90. The zero-order valence-electron chi connectivity index (χ0n) is 13.6. The van der Waals surface area contributed by atoms with Gasteiger partial charge in [-0.25, -0.2) is 18.1 Å². The maximum absolute atomic E-state index is 12.5. The van der Waals surface area contributed by atoms with Crippen LogP contribution >= 0.6 is 0 Å². The third-order valence-electron chi connectivity index (χ3n) is 4.06. The zero-order valence-corrected chi connectivity index (χ0v) is 14.4. The summed E-state index contributed by atoms with van der Waals surface area (Å²) in [6.45, 7) is 3.22. The highest BCUT2D eigenvalue weighted by Crippen LogP contribution is 2.25. The summed E-state index contributed by atoms with van der Waals surface area (Å²) >= 11 is 0. The van der Waals surface area contributed by atoms with Crippen molar-refractivity contribution in [3.63, 3.8) is 0 Å². The van der Waals surface area contributed by atoms with E-state index in [-0.39, 0.29) is 17.0 Å². The van der Waals surface area contributed by atoms with E-state index in [1.807, 2.05) is 0 Å². The van der Waals surface area contributed by atoms with Crippen LogP contribution in [0.3, 0.4) is 0 Å². The first kappa shape index (κ1) is 16.8. The van der Waals surface area contributed by atoms with Gasteiger partial charge in [-0.15, -0.1) is 0 Å². The van der Waals surface area contributed by atoms with Crippen LogP contribution in [0.2, 0.25) is 0 Å². The van der Waals surface area contributed by atoms with E-state index in [4.69, 9.17) is 9.26 Å². The highest BCUT2D eigenvalue weighted by molar-refractivity contribution is 7.89. The topological polar surface area (TPSA) is 107 Å². The monoisotopic (exact) mass is 352 g/mol. The van der Waals surface area contributed by atoms with Gasteiger partial charge >= 0.3 is 0 Å². The second-order valence-corrected chi connectivity index (χ2v) is 7.56. The number of ether oxygens (including phenoxy) is 1. The van der Waals surface area contributed by atoms with Crippen LogP contribution in [0.5, 0.6) is 5.88 Å². The largest absolute Gasteiger partial charge is 0.473 e. The number of sulfonamides is 1. The Morgan fingerprint density at radius 1 is 1.21 bits per heavy atom. The Hall–Kier alpha value is -2.00. The summed E-state index contributed by atoms with van der Waals surface area (Å²) in [5, 5.41) is 3.71. The quantitative estimate of drug-likeness (QED) is 0.873. The number of aryl methyl sites for hydroxylation is 2. The van der Waals surface area contributed by atoms with Crippen molar-refractivity contribution >= 4 is 10.0 Å². The van der Waals surface area contributed by atoms with E-state index >= 15 is 0 Å². The lowest BCUT2D eigenvalue weighted by Crippen LogP contribution is -2.40. The van der Waals surface area contributed by atoms with Gasteiger partial charge in [-0.2, -0.15) is 0 Å². The molecule has 0 aromatic carbocycles. The molecule has 8 nitrogen and oxygen atoms in total. The standard InChI is InChI=1S/C15H20N4O4S/c1-10-15(11(2)23-18-10)24(20,21)19-12-3-5-13(6-4-12)22-14-9-16-7-8-17-14/h7-9,12-13,19H,3-6H2,1-2H3. The van der Waals surface area contributed by atoms with E-state index in [0.29, 0.717) is 30.2 Å². The first-order valence-corrected chi connectivity index (χ1v) is 9.32. The first-order chi connectivity index (χ1) is 11.5. The molecule has 3 rings (SSSR count). The summed E-state index contributed by atoms with van der Waals surface area (Å²) in [5.41, 5.74) is 0.375. The zero-order chi connectivity index (χ0) is 17.2. The second-order valence-electron chi connectivity index (χ2n) is 5.91. The van der Waals surface area contributed by atoms with Gasteiger partial charge in [0.05, 0.1) is 6.20 Å². The normalized spacial score (nSPS) is 21.6. The van der Waals surface area contributed by atoms with Crippen LogP contribution in [0, 0.1) is 13.8 Å². The highest BCUT2D eigenvalue weighted by atomic mass is 32.2. The molecule has 1 aliphatic carbocycles. The molecule has 2 aromatic rings. The lowest BCUT2D eigenvalue weighted by atomic mass is 9.94. The Morgan fingerprint density at radius 3 is 2.54 bits per heavy atom. The van der Waals surface area contributed by atoms with Crippen LogP contribution in [0.4, 0.5) is 0 Å². The van der Waals surface area contributed by atoms with Crippen molar-refractivity contribution in [3.05, 3.63) is 30.0 Å². The van der Waals surface area contributed by atoms with Gasteiger partial charge in [-0.3, -0.25) is 4.98 Å². The molecule has 1 aliphatic rings. The fraction of sp³-hybridized carbons (Fsp3) is 0.533. The first-order valence-electron chi connectivity index (χ1n) is 7.83. The van der Waals surface area contributed by atoms with Gasteiger partial charge in [0.1, 0.15) is 16.7 Å². The van der Waals surface area contributed by atoms with Crippen LogP contribution < -0.4 is 9.46 Å². The van der Waals surface area contributed by atoms with Gasteiger partial charge in [-0.1, -0.05) is 5.16 Å². The molecule has 0 aliphatic heterocycles. The molecule has 0 unspecified atom stereocenters. The molecule has 0 bridgehead atoms. The Labute approximate surface area is 140 Å². The van der Waals surface area contributed by atoms with Crippen molar-refractivity contribution in [2.45, 2.75) is 56.6 Å². The van der Waals surface area contributed by atoms with Crippen molar-refractivity contribution < 1.29 is 17.7 Å². The van der Waals surface area contributed by atoms with Crippen molar-refractivity contribution in [1.29, 1.82) is 0 Å². The molecule has 1 saturated carbocycles. The van der Waals surface area contributed by atoms with Crippen LogP contribution in [0.25, 0.3) is 0 Å². The van der Waals surface area contributed by atoms with Crippen molar-refractivity contribution in [2.24, 2.45) is 0 Å². The fourth-order valence-electron chi connectivity index (χ4n) is 2.95. The fourth-order valence-corrected chi connectivity index (χ4v) is 4.59. The molecule has 1 fully saturated rings. The summed E-state index contributed by atoms with van der Waals surface area (Å²) in [4.78, 5) is 8.19. The van der Waals surface area contributed by atoms with Crippen molar-refractivity contribution in [2.75, 3.05) is 0 Å². The van der Waals surface area contributed by atoms with Gasteiger partial charge < -0.3 is 9.26 Å². The van der Waals surface area contributed by atoms with E-state index in [9.17, 15) is 8.42 Å². The minimum absolute atomic E-state index is 0.0292. The lowest BCUT2D eigenvalue weighted by Gasteiger charge is -2.28. The molecule has 0 atom stereocenters. The molecular weight excluding hydrogens is 332 g/mol. The number of hydrogen-bond donors (Lipinski definition) is 1. The SMILES string of the molecule is Cc1noc(C)c1S(=O)(=O)NC1CCC(Oc2cnccn2)CC1. The third kappa shape index (κ3) is 3.73. The Balaban J connectivity index is 1.57. The summed E-state index contributed by atoms with van der Waals surface area (Å²) in [6, 6.07) is -0.120. The molecule has 0 amide bonds. The maximum atomic E-state index is 12.5. The van der Waals surface area contributed by atoms with E-state index in [1.54, 1.807) is 32.4 Å². The highest BCUT2D eigenvalue weighted by Gasteiger charge is 2.30. The molecule has 0 saturated heterocycles. The summed E-state index contributed by atoms with van der Waals surface area (Å²) in [7, 11) is -3.62. The van der Waals surface area contributed by atoms with Gasteiger partial charge in [-0.05, 0) is 39.5 Å². The molecule has 2 aromatic heterocycles. The van der Waals surface area contributed by atoms with Crippen molar-refractivity contribution in [1.82, 2.24) is 19.8 Å². The summed E-state index contributed by atoms with van der Waals surface area (Å²) < 4.78 is 38.5. The maximum Gasteiger partial charge on any atom is 0.246 e. The van der Waals surface area contributed by atoms with E-state index in [2.05, 4.69) is 19.8 Å². The van der Waals surface area contributed by atoms with E-state index < -0.39 is 10.0 Å². The van der Waals surface area contributed by atoms with Gasteiger partial charge in [0.15, 0.2) is 5.76 Å². The summed E-state index contributed by atoms with van der Waals surface area (Å²) in [6.07, 6.45) is 7.69. The van der Waals surface area contributed by atoms with Gasteiger partial charge in [0, 0.05) is 18.4 Å². The number of nitrogens with zero attached hydrogens (tertiary/aromatic N) is 3. The molecule has 24 heavy (non-hydrogen) atoms. The second kappa shape index (κ2) is 6.86. The van der Waals surface area contributed by atoms with Crippen LogP contribution in [-0.4, -0.2) is 35.7 Å². The van der Waals surface area contributed by atoms with Gasteiger partial charge in [0.25, 0.3) is 0 Å². The molecule has 130 valence electrons. The average molecular weight is 352 g/mol. The van der Waals surface area contributed by atoms with Crippen LogP contribution in [0.1, 0.15) is 37.1 Å². The Bertz CT molecular complexity index is 764. The van der Waals surface area contributed by atoms with Crippen LogP contribution in [-0.2, 0) is 10.0 Å². The Kier molecular flexibility index (Phi) is 4.81. The minimum atomic E-state index is -3.62. The third-order valence-corrected chi connectivity index (χ3v) is 5.82. The number of hydrogen-bond acceptors (Lipinski definition) is 7. The smallest absolute Gasteiger partial charge is 0.246 e. The molecule has 1 N–H and O–H groups in total. The van der Waals surface area contributed by atoms with Crippen molar-refractivity contribution in [3.8, 4) is 5.88 Å². The Morgan fingerprint density at radius 2 is 1.96 bits per heavy atom. The van der Waals surface area contributed by atoms with E-state index in [1.165, 1.54) is 0 Å². The lowest BCUT2D eigenvalue weighted by molar-refractivity contribution is 0.138. The number of aromatic nitrogens is 3. The minimum Gasteiger partial charge on any atom is -0.473 e. The number of rotatable bonds is 5. The predicted octanol–water partition coefficient (Wildman–Crippen LogP) is 1.75. The molecule has 0 spiro atoms. The van der Waals surface area contributed by atoms with Crippen LogP contribution in [0.15, 0.2) is 28.0 Å². The number of nitrogens with one attached hydrogen (secondary N) is 1. The predicted molar refractivity (Wildman–Crippen MR) is 85.0 cm³/mol. The summed E-state index contributed by atoms with van der Waals surface area (Å²) in [5.74, 6) is 0.803. The molecule has 2 heterocycles.